The van der Waals surface area contributed by atoms with Gasteiger partial charge in [-0.3, -0.25) is 0 Å². The second-order valence-corrected chi connectivity index (χ2v) is 6.15. The average Bonchev–Trinajstić information content (AvgIpc) is 2.46. The minimum absolute atomic E-state index is 0.0645. The lowest BCUT2D eigenvalue weighted by molar-refractivity contribution is 0.107. The van der Waals surface area contributed by atoms with Gasteiger partial charge in [0, 0.05) is 12.6 Å². The number of aliphatic hydroxyl groups is 1. The molecule has 2 N–H and O–H groups in total. The highest BCUT2D eigenvalue weighted by Gasteiger charge is 2.24. The van der Waals surface area contributed by atoms with Crippen molar-refractivity contribution in [1.29, 1.82) is 0 Å². The molecule has 110 valence electrons. The van der Waals surface area contributed by atoms with E-state index in [9.17, 15) is 5.11 Å². The highest BCUT2D eigenvalue weighted by Crippen LogP contribution is 2.27. The highest BCUT2D eigenvalue weighted by atomic mass is 16.3. The number of aliphatic hydroxyl groups excluding tert-OH is 1. The molecule has 1 aliphatic carbocycles. The molecule has 20 heavy (non-hydrogen) atoms. The van der Waals surface area contributed by atoms with E-state index in [0.717, 1.165) is 18.5 Å². The average molecular weight is 273 g/mol. The predicted octanol–water partition coefficient (Wildman–Crippen LogP) is 3.40. The van der Waals surface area contributed by atoms with Crippen molar-refractivity contribution in [2.75, 3.05) is 6.54 Å². The Bertz CT molecular complexity index is 453. The third kappa shape index (κ3) is 3.50. The second kappa shape index (κ2) is 7.05. The Balaban J connectivity index is 2.17. The van der Waals surface area contributed by atoms with Gasteiger partial charge in [-0.1, -0.05) is 38.1 Å². The van der Waals surface area contributed by atoms with Crippen molar-refractivity contribution in [1.82, 2.24) is 5.32 Å². The fourth-order valence-electron chi connectivity index (χ4n) is 3.08. The molecular formula is C18H27NO. The summed E-state index contributed by atoms with van der Waals surface area (Å²) in [7, 11) is 0. The standard InChI is InChI=1S/C18H27NO/c1-4-11-19-17(13(2)3)18(20)16-10-9-14-7-5-6-8-15(14)12-16/h4,9-10,12-13,17-20H,1,5-8,11H2,2-3H3. The summed E-state index contributed by atoms with van der Waals surface area (Å²) in [6, 6.07) is 6.58. The Kier molecular flexibility index (Phi) is 5.38. The smallest absolute Gasteiger partial charge is 0.0945 e. The summed E-state index contributed by atoms with van der Waals surface area (Å²) in [5.41, 5.74) is 3.94. The molecule has 2 atom stereocenters. The zero-order chi connectivity index (χ0) is 14.5. The SMILES string of the molecule is C=CCNC(C(C)C)C(O)c1ccc2c(c1)CCCC2. The third-order valence-electron chi connectivity index (χ3n) is 4.27. The van der Waals surface area contributed by atoms with E-state index in [4.69, 9.17) is 0 Å². The van der Waals surface area contributed by atoms with Gasteiger partial charge >= 0.3 is 0 Å². The number of fused-ring (bicyclic) bond motifs is 1. The lowest BCUT2D eigenvalue weighted by Gasteiger charge is -2.28. The summed E-state index contributed by atoms with van der Waals surface area (Å²) in [5, 5.41) is 14.1. The summed E-state index contributed by atoms with van der Waals surface area (Å²) in [4.78, 5) is 0. The van der Waals surface area contributed by atoms with Gasteiger partial charge in [0.25, 0.3) is 0 Å². The molecule has 0 heterocycles. The van der Waals surface area contributed by atoms with Gasteiger partial charge in [0.1, 0.15) is 0 Å². The minimum Gasteiger partial charge on any atom is -0.387 e. The van der Waals surface area contributed by atoms with Crippen LogP contribution in [-0.4, -0.2) is 17.7 Å². The molecule has 0 saturated heterocycles. The van der Waals surface area contributed by atoms with Gasteiger partial charge in [-0.05, 0) is 48.3 Å². The van der Waals surface area contributed by atoms with E-state index in [1.807, 2.05) is 6.08 Å². The fourth-order valence-corrected chi connectivity index (χ4v) is 3.08. The van der Waals surface area contributed by atoms with Gasteiger partial charge in [0.2, 0.25) is 0 Å². The van der Waals surface area contributed by atoms with Crippen molar-refractivity contribution >= 4 is 0 Å². The molecule has 0 aliphatic heterocycles. The van der Waals surface area contributed by atoms with E-state index in [-0.39, 0.29) is 6.04 Å². The van der Waals surface area contributed by atoms with Gasteiger partial charge in [-0.25, -0.2) is 0 Å². The first-order valence-electron chi connectivity index (χ1n) is 7.77. The molecule has 1 aliphatic rings. The summed E-state index contributed by atoms with van der Waals surface area (Å²) in [5.74, 6) is 0.376. The molecule has 0 bridgehead atoms. The van der Waals surface area contributed by atoms with Gasteiger partial charge in [0.15, 0.2) is 0 Å². The molecule has 1 aromatic rings. The number of hydrogen-bond acceptors (Lipinski definition) is 2. The van der Waals surface area contributed by atoms with E-state index in [2.05, 4.69) is 43.9 Å². The summed E-state index contributed by atoms with van der Waals surface area (Å²) >= 11 is 0. The second-order valence-electron chi connectivity index (χ2n) is 6.15. The van der Waals surface area contributed by atoms with Crippen LogP contribution < -0.4 is 5.32 Å². The van der Waals surface area contributed by atoms with Crippen LogP contribution in [-0.2, 0) is 12.8 Å². The first kappa shape index (κ1) is 15.3. The van der Waals surface area contributed by atoms with Crippen molar-refractivity contribution in [3.63, 3.8) is 0 Å². The monoisotopic (exact) mass is 273 g/mol. The molecule has 0 amide bonds. The number of nitrogens with one attached hydrogen (secondary N) is 1. The van der Waals surface area contributed by atoms with Crippen LogP contribution in [0.15, 0.2) is 30.9 Å². The summed E-state index contributed by atoms with van der Waals surface area (Å²) in [6.45, 7) is 8.75. The Morgan fingerprint density at radius 3 is 2.60 bits per heavy atom. The van der Waals surface area contributed by atoms with Crippen LogP contribution in [0.5, 0.6) is 0 Å². The number of hydrogen-bond donors (Lipinski definition) is 2. The fraction of sp³-hybridized carbons (Fsp3) is 0.556. The lowest BCUT2D eigenvalue weighted by atomic mass is 9.87. The predicted molar refractivity (Wildman–Crippen MR) is 84.9 cm³/mol. The molecule has 0 radical (unpaired) electrons. The molecule has 2 rings (SSSR count). The molecule has 0 saturated carbocycles. The zero-order valence-electron chi connectivity index (χ0n) is 12.7. The number of aryl methyl sites for hydroxylation is 2. The van der Waals surface area contributed by atoms with Crippen molar-refractivity contribution in [2.45, 2.75) is 51.7 Å². The Morgan fingerprint density at radius 2 is 1.95 bits per heavy atom. The van der Waals surface area contributed by atoms with Crippen LogP contribution in [0, 0.1) is 5.92 Å². The van der Waals surface area contributed by atoms with Crippen LogP contribution in [0.2, 0.25) is 0 Å². The maximum atomic E-state index is 10.7. The molecule has 1 aromatic carbocycles. The van der Waals surface area contributed by atoms with Crippen LogP contribution in [0.4, 0.5) is 0 Å². The first-order valence-corrected chi connectivity index (χ1v) is 7.77. The quantitative estimate of drug-likeness (QED) is 0.779. The van der Waals surface area contributed by atoms with Crippen LogP contribution in [0.25, 0.3) is 0 Å². The highest BCUT2D eigenvalue weighted by molar-refractivity contribution is 5.35. The van der Waals surface area contributed by atoms with Crippen molar-refractivity contribution < 1.29 is 5.11 Å². The first-order chi connectivity index (χ1) is 9.63. The zero-order valence-corrected chi connectivity index (χ0v) is 12.7. The molecule has 0 fully saturated rings. The van der Waals surface area contributed by atoms with E-state index in [0.29, 0.717) is 5.92 Å². The normalized spacial score (nSPS) is 17.6. The number of benzene rings is 1. The topological polar surface area (TPSA) is 32.3 Å². The van der Waals surface area contributed by atoms with Gasteiger partial charge in [0.05, 0.1) is 6.10 Å². The van der Waals surface area contributed by atoms with E-state index < -0.39 is 6.10 Å². The molecule has 2 nitrogen and oxygen atoms in total. The summed E-state index contributed by atoms with van der Waals surface area (Å²) in [6.07, 6.45) is 6.30. The Labute approximate surface area is 122 Å². The third-order valence-corrected chi connectivity index (χ3v) is 4.27. The van der Waals surface area contributed by atoms with Gasteiger partial charge < -0.3 is 10.4 Å². The maximum Gasteiger partial charge on any atom is 0.0945 e. The van der Waals surface area contributed by atoms with Crippen LogP contribution in [0.1, 0.15) is 49.5 Å². The molecular weight excluding hydrogens is 246 g/mol. The van der Waals surface area contributed by atoms with Crippen molar-refractivity contribution in [3.8, 4) is 0 Å². The van der Waals surface area contributed by atoms with E-state index in [1.165, 1.54) is 30.4 Å². The van der Waals surface area contributed by atoms with Gasteiger partial charge in [-0.15, -0.1) is 6.58 Å². The largest absolute Gasteiger partial charge is 0.387 e. The van der Waals surface area contributed by atoms with Gasteiger partial charge in [-0.2, -0.15) is 0 Å². The Morgan fingerprint density at radius 1 is 1.25 bits per heavy atom. The minimum atomic E-state index is -0.456. The summed E-state index contributed by atoms with van der Waals surface area (Å²) < 4.78 is 0. The van der Waals surface area contributed by atoms with E-state index in [1.54, 1.807) is 0 Å². The molecule has 0 aromatic heterocycles. The molecule has 2 unspecified atom stereocenters. The van der Waals surface area contributed by atoms with Crippen molar-refractivity contribution in [3.05, 3.63) is 47.5 Å². The molecule has 0 spiro atoms. The lowest BCUT2D eigenvalue weighted by Crippen LogP contribution is -2.39. The van der Waals surface area contributed by atoms with E-state index >= 15 is 0 Å². The maximum absolute atomic E-state index is 10.7. The van der Waals surface area contributed by atoms with Crippen LogP contribution in [0.3, 0.4) is 0 Å². The van der Waals surface area contributed by atoms with Crippen molar-refractivity contribution in [2.24, 2.45) is 5.92 Å². The number of rotatable bonds is 6. The molecule has 2 heteroatoms. The Hall–Kier alpha value is -1.12. The van der Waals surface area contributed by atoms with Crippen LogP contribution >= 0.6 is 0 Å².